The van der Waals surface area contributed by atoms with Crippen LogP contribution < -0.4 is 5.32 Å². The molecule has 4 nitrogen and oxygen atoms in total. The van der Waals surface area contributed by atoms with Gasteiger partial charge >= 0.3 is 0 Å². The van der Waals surface area contributed by atoms with Crippen molar-refractivity contribution in [2.45, 2.75) is 53.4 Å². The third-order valence-electron chi connectivity index (χ3n) is 5.46. The lowest BCUT2D eigenvalue weighted by Crippen LogP contribution is -2.48. The maximum atomic E-state index is 4.96. The zero-order valence-electron chi connectivity index (χ0n) is 16.3. The van der Waals surface area contributed by atoms with E-state index in [1.165, 1.54) is 45.3 Å². The number of guanidine groups is 1. The van der Waals surface area contributed by atoms with Gasteiger partial charge in [-0.1, -0.05) is 20.8 Å². The molecule has 0 saturated carbocycles. The zero-order valence-corrected chi connectivity index (χ0v) is 18.6. The summed E-state index contributed by atoms with van der Waals surface area (Å²) >= 11 is 0. The quantitative estimate of drug-likeness (QED) is 0.394. The van der Waals surface area contributed by atoms with E-state index in [1.54, 1.807) is 0 Å². The molecule has 2 aliphatic rings. The number of piperidine rings is 2. The molecular formula is C19H39IN4. The average Bonchev–Trinajstić information content (AvgIpc) is 2.54. The predicted octanol–water partition coefficient (Wildman–Crippen LogP) is 3.67. The molecule has 2 rings (SSSR count). The van der Waals surface area contributed by atoms with Crippen molar-refractivity contribution in [3.8, 4) is 0 Å². The monoisotopic (exact) mass is 450 g/mol. The number of rotatable bonds is 5. The molecule has 24 heavy (non-hydrogen) atoms. The van der Waals surface area contributed by atoms with Crippen LogP contribution in [0.5, 0.6) is 0 Å². The minimum Gasteiger partial charge on any atom is -0.357 e. The van der Waals surface area contributed by atoms with Crippen molar-refractivity contribution in [1.82, 2.24) is 15.1 Å². The van der Waals surface area contributed by atoms with E-state index in [4.69, 9.17) is 4.99 Å². The predicted molar refractivity (Wildman–Crippen MR) is 115 cm³/mol. The van der Waals surface area contributed by atoms with Gasteiger partial charge in [0, 0.05) is 26.2 Å². The van der Waals surface area contributed by atoms with Crippen molar-refractivity contribution in [3.05, 3.63) is 0 Å². The molecule has 2 heterocycles. The van der Waals surface area contributed by atoms with Gasteiger partial charge in [0.25, 0.3) is 0 Å². The van der Waals surface area contributed by atoms with Gasteiger partial charge in [0.2, 0.25) is 0 Å². The summed E-state index contributed by atoms with van der Waals surface area (Å²) in [7, 11) is 0. The van der Waals surface area contributed by atoms with Crippen LogP contribution >= 0.6 is 24.0 Å². The highest BCUT2D eigenvalue weighted by Gasteiger charge is 2.24. The lowest BCUT2D eigenvalue weighted by atomic mass is 9.92. The van der Waals surface area contributed by atoms with Crippen molar-refractivity contribution in [2.75, 3.05) is 45.8 Å². The fourth-order valence-corrected chi connectivity index (χ4v) is 4.21. The van der Waals surface area contributed by atoms with Crippen molar-refractivity contribution >= 4 is 29.9 Å². The third kappa shape index (κ3) is 7.06. The molecule has 2 fully saturated rings. The molecule has 2 atom stereocenters. The van der Waals surface area contributed by atoms with Crippen LogP contribution in [0.3, 0.4) is 0 Å². The van der Waals surface area contributed by atoms with E-state index in [1.807, 2.05) is 0 Å². The standard InChI is InChI=1S/C19H38N4.HI/c1-5-20-19(23-14-16(3)13-17(4)15-23)21-10-7-18-8-11-22(6-2)12-9-18;/h16-18H,5-15H2,1-4H3,(H,20,21);1H. The SMILES string of the molecule is CCNC(=NCCC1CCN(CC)CC1)N1CC(C)CC(C)C1.I. The van der Waals surface area contributed by atoms with E-state index in [0.717, 1.165) is 49.9 Å². The molecule has 0 aromatic heterocycles. The fraction of sp³-hybridized carbons (Fsp3) is 0.947. The molecule has 1 N–H and O–H groups in total. The smallest absolute Gasteiger partial charge is 0.193 e. The molecular weight excluding hydrogens is 411 g/mol. The summed E-state index contributed by atoms with van der Waals surface area (Å²) in [4.78, 5) is 10.0. The van der Waals surface area contributed by atoms with E-state index in [2.05, 4.69) is 42.8 Å². The normalized spacial score (nSPS) is 27.0. The molecule has 2 aliphatic heterocycles. The van der Waals surface area contributed by atoms with E-state index in [9.17, 15) is 0 Å². The Morgan fingerprint density at radius 1 is 1.08 bits per heavy atom. The molecule has 2 saturated heterocycles. The van der Waals surface area contributed by atoms with Gasteiger partial charge < -0.3 is 15.1 Å². The Hall–Kier alpha value is -0.0400. The molecule has 0 aliphatic carbocycles. The molecule has 0 aromatic rings. The van der Waals surface area contributed by atoms with Gasteiger partial charge in [0.15, 0.2) is 5.96 Å². The second kappa shape index (κ2) is 11.6. The first kappa shape index (κ1) is 22.0. The Morgan fingerprint density at radius 2 is 1.71 bits per heavy atom. The summed E-state index contributed by atoms with van der Waals surface area (Å²) in [6.45, 7) is 17.2. The van der Waals surface area contributed by atoms with E-state index in [-0.39, 0.29) is 24.0 Å². The second-order valence-corrected chi connectivity index (χ2v) is 7.75. The van der Waals surface area contributed by atoms with Gasteiger partial charge in [0.1, 0.15) is 0 Å². The minimum absolute atomic E-state index is 0. The molecule has 0 amide bonds. The molecule has 0 spiro atoms. The highest BCUT2D eigenvalue weighted by Crippen LogP contribution is 2.22. The summed E-state index contributed by atoms with van der Waals surface area (Å²) in [6, 6.07) is 0. The van der Waals surface area contributed by atoms with Crippen LogP contribution in [0.4, 0.5) is 0 Å². The molecule has 0 aromatic carbocycles. The minimum atomic E-state index is 0. The second-order valence-electron chi connectivity index (χ2n) is 7.75. The molecule has 142 valence electrons. The number of hydrogen-bond acceptors (Lipinski definition) is 2. The number of likely N-dealkylation sites (tertiary alicyclic amines) is 2. The summed E-state index contributed by atoms with van der Waals surface area (Å²) in [5.41, 5.74) is 0. The van der Waals surface area contributed by atoms with Crippen molar-refractivity contribution < 1.29 is 0 Å². The van der Waals surface area contributed by atoms with Crippen molar-refractivity contribution in [1.29, 1.82) is 0 Å². The molecule has 0 radical (unpaired) electrons. The third-order valence-corrected chi connectivity index (χ3v) is 5.46. The average molecular weight is 450 g/mol. The van der Waals surface area contributed by atoms with Gasteiger partial charge in [-0.2, -0.15) is 0 Å². The van der Waals surface area contributed by atoms with Crippen LogP contribution in [-0.2, 0) is 0 Å². The summed E-state index contributed by atoms with van der Waals surface area (Å²) < 4.78 is 0. The largest absolute Gasteiger partial charge is 0.357 e. The number of hydrogen-bond donors (Lipinski definition) is 1. The summed E-state index contributed by atoms with van der Waals surface area (Å²) in [6.07, 6.45) is 5.33. The highest BCUT2D eigenvalue weighted by molar-refractivity contribution is 14.0. The van der Waals surface area contributed by atoms with Gasteiger partial charge in [-0.25, -0.2) is 0 Å². The zero-order chi connectivity index (χ0) is 16.7. The van der Waals surface area contributed by atoms with Crippen LogP contribution in [0.15, 0.2) is 4.99 Å². The van der Waals surface area contributed by atoms with E-state index in [0.29, 0.717) is 0 Å². The Kier molecular flexibility index (Phi) is 10.6. The Labute approximate surface area is 166 Å². The van der Waals surface area contributed by atoms with Crippen molar-refractivity contribution in [2.24, 2.45) is 22.7 Å². The first-order valence-electron chi connectivity index (χ1n) is 9.87. The molecule has 2 unspecified atom stereocenters. The maximum Gasteiger partial charge on any atom is 0.193 e. The maximum absolute atomic E-state index is 4.96. The summed E-state index contributed by atoms with van der Waals surface area (Å²) in [5.74, 6) is 3.59. The van der Waals surface area contributed by atoms with E-state index >= 15 is 0 Å². The van der Waals surface area contributed by atoms with Gasteiger partial charge in [-0.15, -0.1) is 24.0 Å². The first-order chi connectivity index (χ1) is 11.1. The number of halogens is 1. The Bertz CT molecular complexity index is 356. The van der Waals surface area contributed by atoms with Gasteiger partial charge in [-0.05, 0) is 70.0 Å². The van der Waals surface area contributed by atoms with Crippen LogP contribution in [-0.4, -0.2) is 61.6 Å². The van der Waals surface area contributed by atoms with Crippen LogP contribution in [0, 0.1) is 17.8 Å². The topological polar surface area (TPSA) is 30.9 Å². The first-order valence-corrected chi connectivity index (χ1v) is 9.87. The number of nitrogens with one attached hydrogen (secondary N) is 1. The molecule has 5 heteroatoms. The Balaban J connectivity index is 0.00000288. The lowest BCUT2D eigenvalue weighted by molar-refractivity contribution is 0.187. The lowest BCUT2D eigenvalue weighted by Gasteiger charge is -2.37. The van der Waals surface area contributed by atoms with E-state index < -0.39 is 0 Å². The number of aliphatic imine (C=N–C) groups is 1. The van der Waals surface area contributed by atoms with Crippen LogP contribution in [0.25, 0.3) is 0 Å². The Morgan fingerprint density at radius 3 is 2.25 bits per heavy atom. The van der Waals surface area contributed by atoms with Crippen LogP contribution in [0.2, 0.25) is 0 Å². The molecule has 0 bridgehead atoms. The highest BCUT2D eigenvalue weighted by atomic mass is 127. The summed E-state index contributed by atoms with van der Waals surface area (Å²) in [5, 5.41) is 3.52. The van der Waals surface area contributed by atoms with Gasteiger partial charge in [0.05, 0.1) is 0 Å². The number of nitrogens with zero attached hydrogens (tertiary/aromatic N) is 3. The van der Waals surface area contributed by atoms with Gasteiger partial charge in [-0.3, -0.25) is 4.99 Å². The van der Waals surface area contributed by atoms with Crippen LogP contribution in [0.1, 0.15) is 53.4 Å². The van der Waals surface area contributed by atoms with Crippen molar-refractivity contribution in [3.63, 3.8) is 0 Å². The fourth-order valence-electron chi connectivity index (χ4n) is 4.21.